The number of phenols is 1. The van der Waals surface area contributed by atoms with E-state index >= 15 is 0 Å². The first kappa shape index (κ1) is 16.8. The zero-order valence-corrected chi connectivity index (χ0v) is 14.1. The molecule has 7 heteroatoms. The molecule has 2 N–H and O–H groups in total. The minimum atomic E-state index is -1.23. The van der Waals surface area contributed by atoms with Crippen LogP contribution in [0.5, 0.6) is 5.75 Å². The number of aromatic carboxylic acids is 1. The fraction of sp³-hybridized carbons (Fsp3) is 0.222. The van der Waals surface area contributed by atoms with E-state index in [1.807, 2.05) is 25.8 Å². The van der Waals surface area contributed by atoms with Crippen LogP contribution in [-0.4, -0.2) is 38.8 Å². The van der Waals surface area contributed by atoms with Gasteiger partial charge < -0.3 is 15.1 Å². The number of benzene rings is 2. The molecule has 0 saturated carbocycles. The van der Waals surface area contributed by atoms with E-state index in [0.717, 1.165) is 0 Å². The van der Waals surface area contributed by atoms with Gasteiger partial charge >= 0.3 is 5.97 Å². The second kappa shape index (κ2) is 6.08. The van der Waals surface area contributed by atoms with Gasteiger partial charge in [-0.1, -0.05) is 0 Å². The number of aromatic nitrogens is 2. The first-order valence-electron chi connectivity index (χ1n) is 7.77. The Bertz CT molecular complexity index is 948. The molecule has 0 aliphatic rings. The van der Waals surface area contributed by atoms with Crippen molar-refractivity contribution in [3.8, 4) is 11.4 Å². The van der Waals surface area contributed by atoms with E-state index < -0.39 is 5.97 Å². The molecule has 0 aliphatic carbocycles. The average molecular weight is 343 g/mol. The highest BCUT2D eigenvalue weighted by Gasteiger charge is 2.21. The minimum Gasteiger partial charge on any atom is -0.507 e. The van der Waals surface area contributed by atoms with Crippen LogP contribution in [0.15, 0.2) is 36.4 Å². The number of halogens is 1. The van der Waals surface area contributed by atoms with Crippen molar-refractivity contribution in [3.63, 3.8) is 0 Å². The van der Waals surface area contributed by atoms with Crippen LogP contribution in [0.4, 0.5) is 10.3 Å². The minimum absolute atomic E-state index is 0.128. The number of hydrogen-bond acceptors (Lipinski definition) is 4. The molecule has 25 heavy (non-hydrogen) atoms. The fourth-order valence-corrected chi connectivity index (χ4v) is 2.58. The van der Waals surface area contributed by atoms with Gasteiger partial charge in [0.25, 0.3) is 0 Å². The topological polar surface area (TPSA) is 78.6 Å². The van der Waals surface area contributed by atoms with Crippen LogP contribution in [-0.2, 0) is 0 Å². The summed E-state index contributed by atoms with van der Waals surface area (Å²) in [6.07, 6.45) is 0. The Morgan fingerprint density at radius 2 is 1.88 bits per heavy atom. The van der Waals surface area contributed by atoms with Gasteiger partial charge in [-0.2, -0.15) is 0 Å². The standard InChI is InChI=1S/C18H18FN3O3/c1-10(2)21(3)18-20-14-8-13(17(24)25)16(23)9-15(14)22(18)12-6-4-11(19)5-7-12/h4-10,23H,1-3H3,(H,24,25). The first-order valence-corrected chi connectivity index (χ1v) is 7.77. The van der Waals surface area contributed by atoms with Crippen molar-refractivity contribution in [2.75, 3.05) is 11.9 Å². The zero-order valence-electron chi connectivity index (χ0n) is 14.1. The molecule has 0 saturated heterocycles. The Morgan fingerprint density at radius 3 is 2.44 bits per heavy atom. The van der Waals surface area contributed by atoms with E-state index in [9.17, 15) is 19.4 Å². The maximum Gasteiger partial charge on any atom is 0.339 e. The molecular weight excluding hydrogens is 325 g/mol. The number of hydrogen-bond donors (Lipinski definition) is 2. The summed E-state index contributed by atoms with van der Waals surface area (Å²) in [4.78, 5) is 17.7. The number of anilines is 1. The summed E-state index contributed by atoms with van der Waals surface area (Å²) >= 11 is 0. The van der Waals surface area contributed by atoms with Crippen molar-refractivity contribution in [3.05, 3.63) is 47.8 Å². The molecule has 2 aromatic carbocycles. The lowest BCUT2D eigenvalue weighted by molar-refractivity contribution is 0.0694. The monoisotopic (exact) mass is 343 g/mol. The average Bonchev–Trinajstić information content (AvgIpc) is 2.92. The first-order chi connectivity index (χ1) is 11.8. The van der Waals surface area contributed by atoms with E-state index in [1.54, 1.807) is 16.7 Å². The van der Waals surface area contributed by atoms with Gasteiger partial charge in [-0.15, -0.1) is 0 Å². The number of carboxylic acid groups (broad SMARTS) is 1. The maximum atomic E-state index is 13.3. The Labute approximate surface area is 143 Å². The summed E-state index contributed by atoms with van der Waals surface area (Å²) in [5.74, 6) is -1.36. The molecule has 3 rings (SSSR count). The van der Waals surface area contributed by atoms with Gasteiger partial charge in [-0.05, 0) is 44.2 Å². The van der Waals surface area contributed by atoms with Gasteiger partial charge in [0.1, 0.15) is 17.1 Å². The van der Waals surface area contributed by atoms with Crippen LogP contribution in [0.3, 0.4) is 0 Å². The number of fused-ring (bicyclic) bond motifs is 1. The van der Waals surface area contributed by atoms with E-state index in [4.69, 9.17) is 0 Å². The van der Waals surface area contributed by atoms with Crippen LogP contribution >= 0.6 is 0 Å². The molecule has 0 radical (unpaired) electrons. The summed E-state index contributed by atoms with van der Waals surface area (Å²) in [6.45, 7) is 3.99. The Balaban J connectivity index is 2.34. The fourth-order valence-electron chi connectivity index (χ4n) is 2.58. The van der Waals surface area contributed by atoms with Gasteiger partial charge in [0.2, 0.25) is 5.95 Å². The highest BCUT2D eigenvalue weighted by molar-refractivity contribution is 5.96. The van der Waals surface area contributed by atoms with E-state index in [1.165, 1.54) is 24.3 Å². The van der Waals surface area contributed by atoms with Crippen molar-refractivity contribution < 1.29 is 19.4 Å². The molecule has 0 bridgehead atoms. The molecule has 0 fully saturated rings. The van der Waals surface area contributed by atoms with Crippen LogP contribution in [0, 0.1) is 5.82 Å². The van der Waals surface area contributed by atoms with Crippen molar-refractivity contribution in [2.24, 2.45) is 0 Å². The molecule has 0 unspecified atom stereocenters. The largest absolute Gasteiger partial charge is 0.507 e. The van der Waals surface area contributed by atoms with E-state index in [0.29, 0.717) is 22.7 Å². The molecule has 0 aliphatic heterocycles. The third kappa shape index (κ3) is 2.88. The quantitative estimate of drug-likeness (QED) is 0.759. The summed E-state index contributed by atoms with van der Waals surface area (Å²) in [6, 6.07) is 8.73. The molecule has 130 valence electrons. The zero-order chi connectivity index (χ0) is 18.3. The van der Waals surface area contributed by atoms with Gasteiger partial charge in [0.15, 0.2) is 0 Å². The molecule has 0 atom stereocenters. The third-order valence-electron chi connectivity index (χ3n) is 4.16. The van der Waals surface area contributed by atoms with Gasteiger partial charge in [-0.3, -0.25) is 4.57 Å². The van der Waals surface area contributed by atoms with Crippen LogP contribution in [0.1, 0.15) is 24.2 Å². The SMILES string of the molecule is CC(C)N(C)c1nc2cc(C(=O)O)c(O)cc2n1-c1ccc(F)cc1. The molecule has 1 aromatic heterocycles. The number of carbonyl (C=O) groups is 1. The molecule has 1 heterocycles. The van der Waals surface area contributed by atoms with Crippen LogP contribution < -0.4 is 4.90 Å². The van der Waals surface area contributed by atoms with Crippen molar-refractivity contribution in [2.45, 2.75) is 19.9 Å². The number of nitrogens with zero attached hydrogens (tertiary/aromatic N) is 3. The number of rotatable bonds is 4. The van der Waals surface area contributed by atoms with Gasteiger partial charge in [-0.25, -0.2) is 14.2 Å². The second-order valence-corrected chi connectivity index (χ2v) is 6.09. The summed E-state index contributed by atoms with van der Waals surface area (Å²) in [5.41, 5.74) is 1.42. The summed E-state index contributed by atoms with van der Waals surface area (Å²) < 4.78 is 15.1. The second-order valence-electron chi connectivity index (χ2n) is 6.09. The summed E-state index contributed by atoms with van der Waals surface area (Å²) in [7, 11) is 1.86. The van der Waals surface area contributed by atoms with Crippen LogP contribution in [0.25, 0.3) is 16.7 Å². The smallest absolute Gasteiger partial charge is 0.339 e. The number of carboxylic acids is 1. The lowest BCUT2D eigenvalue weighted by Gasteiger charge is -2.23. The van der Waals surface area contributed by atoms with Gasteiger partial charge in [0.05, 0.1) is 11.0 Å². The number of imidazole rings is 1. The third-order valence-corrected chi connectivity index (χ3v) is 4.16. The molecule has 6 nitrogen and oxygen atoms in total. The molecule has 0 amide bonds. The predicted molar refractivity (Wildman–Crippen MR) is 93.2 cm³/mol. The van der Waals surface area contributed by atoms with E-state index in [-0.39, 0.29) is 23.2 Å². The highest BCUT2D eigenvalue weighted by atomic mass is 19.1. The van der Waals surface area contributed by atoms with Gasteiger partial charge in [0, 0.05) is 24.8 Å². The summed E-state index contributed by atoms with van der Waals surface area (Å²) in [5, 5.41) is 19.3. The molecular formula is C18H18FN3O3. The number of aromatic hydroxyl groups is 1. The lowest BCUT2D eigenvalue weighted by atomic mass is 10.1. The highest BCUT2D eigenvalue weighted by Crippen LogP contribution is 2.32. The lowest BCUT2D eigenvalue weighted by Crippen LogP contribution is -2.28. The Kier molecular flexibility index (Phi) is 4.08. The van der Waals surface area contributed by atoms with Crippen molar-refractivity contribution >= 4 is 23.0 Å². The molecule has 0 spiro atoms. The van der Waals surface area contributed by atoms with E-state index in [2.05, 4.69) is 4.98 Å². The Hall–Kier alpha value is -3.09. The molecule has 3 aromatic rings. The predicted octanol–water partition coefficient (Wildman–Crippen LogP) is 3.41. The van der Waals surface area contributed by atoms with Crippen LogP contribution in [0.2, 0.25) is 0 Å². The maximum absolute atomic E-state index is 13.3. The Morgan fingerprint density at radius 1 is 1.24 bits per heavy atom. The van der Waals surface area contributed by atoms with Crippen molar-refractivity contribution in [1.82, 2.24) is 9.55 Å². The normalized spacial score (nSPS) is 11.2. The van der Waals surface area contributed by atoms with Crippen molar-refractivity contribution in [1.29, 1.82) is 0 Å².